The van der Waals surface area contributed by atoms with Crippen LogP contribution in [0.4, 0.5) is 30.7 Å². The highest BCUT2D eigenvalue weighted by molar-refractivity contribution is 6.05. The molecule has 0 aromatic heterocycles. The molecule has 0 aliphatic rings. The molecule has 1 nitrogen and oxygen atoms in total. The molecule has 0 N–H and O–H groups in total. The summed E-state index contributed by atoms with van der Waals surface area (Å²) in [6.07, 6.45) is -6.53. The predicted molar refractivity (Wildman–Crippen MR) is 65.7 cm³/mol. The van der Waals surface area contributed by atoms with Gasteiger partial charge in [0.15, 0.2) is 0 Å². The maximum Gasteiger partial charge on any atom is 0.460 e. The van der Waals surface area contributed by atoms with Gasteiger partial charge in [-0.25, -0.2) is 0 Å². The lowest BCUT2D eigenvalue weighted by molar-refractivity contribution is -0.339. The molecule has 22 heavy (non-hydrogen) atoms. The zero-order valence-corrected chi connectivity index (χ0v) is 12.1. The molecule has 0 radical (unpaired) electrons. The quantitative estimate of drug-likeness (QED) is 0.567. The Bertz CT molecular complexity index is 588. The minimum atomic E-state index is -6.53. The van der Waals surface area contributed by atoms with Gasteiger partial charge in [0.1, 0.15) is 0 Å². The summed E-state index contributed by atoms with van der Waals surface area (Å²) in [6, 6.07) is 1.53. The SMILES string of the molecule is Cc1cc(C)c(C)c(C(=O)C(F)(F)C(F)(F)C(F)(F)F)c1C. The van der Waals surface area contributed by atoms with E-state index in [1.54, 1.807) is 0 Å². The van der Waals surface area contributed by atoms with E-state index in [1.807, 2.05) is 0 Å². The Balaban J connectivity index is 3.57. The number of carbonyl (C=O) groups is 1. The molecule has 8 heteroatoms. The van der Waals surface area contributed by atoms with Crippen LogP contribution in [-0.4, -0.2) is 23.8 Å². The molecule has 0 bridgehead atoms. The van der Waals surface area contributed by atoms with Crippen molar-refractivity contribution in [2.24, 2.45) is 0 Å². The normalized spacial score (nSPS) is 13.4. The lowest BCUT2D eigenvalue weighted by atomic mass is 9.88. The van der Waals surface area contributed by atoms with E-state index >= 15 is 0 Å². The van der Waals surface area contributed by atoms with Gasteiger partial charge >= 0.3 is 18.0 Å². The van der Waals surface area contributed by atoms with Crippen molar-refractivity contribution in [3.8, 4) is 0 Å². The van der Waals surface area contributed by atoms with E-state index in [4.69, 9.17) is 0 Å². The fourth-order valence-corrected chi connectivity index (χ4v) is 2.04. The minimum Gasteiger partial charge on any atom is -0.287 e. The molecule has 0 fully saturated rings. The van der Waals surface area contributed by atoms with Crippen LogP contribution in [0.15, 0.2) is 6.07 Å². The number of benzene rings is 1. The van der Waals surface area contributed by atoms with Crippen molar-refractivity contribution in [1.29, 1.82) is 0 Å². The molecule has 0 aliphatic carbocycles. The highest BCUT2D eigenvalue weighted by Crippen LogP contribution is 2.48. The van der Waals surface area contributed by atoms with Gasteiger partial charge < -0.3 is 0 Å². The van der Waals surface area contributed by atoms with Gasteiger partial charge in [-0.3, -0.25) is 4.79 Å². The number of rotatable bonds is 3. The van der Waals surface area contributed by atoms with Gasteiger partial charge in [-0.15, -0.1) is 0 Å². The lowest BCUT2D eigenvalue weighted by Crippen LogP contribution is -2.56. The van der Waals surface area contributed by atoms with Crippen LogP contribution in [0.1, 0.15) is 32.6 Å². The number of Topliss-reactive ketones (excluding diaryl/α,β-unsaturated/α-hetero) is 1. The van der Waals surface area contributed by atoms with E-state index < -0.39 is 29.4 Å². The number of hydrogen-bond donors (Lipinski definition) is 0. The van der Waals surface area contributed by atoms with E-state index in [-0.39, 0.29) is 11.1 Å². The van der Waals surface area contributed by atoms with Crippen molar-refractivity contribution in [2.45, 2.75) is 45.7 Å². The van der Waals surface area contributed by atoms with Crippen molar-refractivity contribution in [2.75, 3.05) is 0 Å². The van der Waals surface area contributed by atoms with Gasteiger partial charge in [-0.1, -0.05) is 6.07 Å². The van der Waals surface area contributed by atoms with Crippen LogP contribution in [0.25, 0.3) is 0 Å². The summed E-state index contributed by atoms with van der Waals surface area (Å²) < 4.78 is 89.7. The smallest absolute Gasteiger partial charge is 0.287 e. The Kier molecular flexibility index (Phi) is 4.40. The maximum atomic E-state index is 13.6. The molecular formula is C14H13F7O. The summed E-state index contributed by atoms with van der Waals surface area (Å²) in [4.78, 5) is 11.8. The van der Waals surface area contributed by atoms with Gasteiger partial charge in [0.2, 0.25) is 5.78 Å². The van der Waals surface area contributed by atoms with E-state index in [0.717, 1.165) is 0 Å². The van der Waals surface area contributed by atoms with Crippen molar-refractivity contribution >= 4 is 5.78 Å². The van der Waals surface area contributed by atoms with E-state index in [0.29, 0.717) is 11.1 Å². The summed E-state index contributed by atoms with van der Waals surface area (Å²) in [5.74, 6) is -14.9. The first-order valence-corrected chi connectivity index (χ1v) is 6.10. The number of alkyl halides is 7. The molecule has 0 heterocycles. The summed E-state index contributed by atoms with van der Waals surface area (Å²) in [6.45, 7) is 5.32. The van der Waals surface area contributed by atoms with Gasteiger partial charge in [0, 0.05) is 5.56 Å². The second-order valence-corrected chi connectivity index (χ2v) is 5.11. The highest BCUT2D eigenvalue weighted by atomic mass is 19.4. The molecule has 0 unspecified atom stereocenters. The molecule has 0 saturated carbocycles. The number of carbonyl (C=O) groups excluding carboxylic acids is 1. The van der Waals surface area contributed by atoms with Crippen LogP contribution in [0, 0.1) is 27.7 Å². The number of aryl methyl sites for hydroxylation is 2. The first-order valence-electron chi connectivity index (χ1n) is 6.10. The molecule has 1 aromatic carbocycles. The van der Waals surface area contributed by atoms with E-state index in [2.05, 4.69) is 0 Å². The Hall–Kier alpha value is -1.60. The third-order valence-electron chi connectivity index (χ3n) is 3.63. The second kappa shape index (κ2) is 5.24. The number of halogens is 7. The Morgan fingerprint density at radius 1 is 0.818 bits per heavy atom. The molecule has 1 aromatic rings. The Morgan fingerprint density at radius 3 is 1.50 bits per heavy atom. The zero-order valence-electron chi connectivity index (χ0n) is 12.1. The second-order valence-electron chi connectivity index (χ2n) is 5.11. The van der Waals surface area contributed by atoms with Crippen LogP contribution < -0.4 is 0 Å². The largest absolute Gasteiger partial charge is 0.460 e. The number of hydrogen-bond acceptors (Lipinski definition) is 1. The zero-order chi connectivity index (χ0) is 17.7. The van der Waals surface area contributed by atoms with Crippen LogP contribution in [0.2, 0.25) is 0 Å². The predicted octanol–water partition coefficient (Wildman–Crippen LogP) is 4.94. The average Bonchev–Trinajstić information content (AvgIpc) is 2.35. The molecule has 0 amide bonds. The molecule has 0 spiro atoms. The average molecular weight is 330 g/mol. The molecule has 124 valence electrons. The first-order chi connectivity index (χ1) is 9.66. The molecule has 0 saturated heterocycles. The van der Waals surface area contributed by atoms with Gasteiger partial charge in [-0.2, -0.15) is 30.7 Å². The van der Waals surface area contributed by atoms with Crippen molar-refractivity contribution < 1.29 is 35.5 Å². The topological polar surface area (TPSA) is 17.1 Å². The summed E-state index contributed by atoms with van der Waals surface area (Å²) in [7, 11) is 0. The van der Waals surface area contributed by atoms with Gasteiger partial charge in [0.05, 0.1) is 0 Å². The molecular weight excluding hydrogens is 317 g/mol. The molecule has 0 atom stereocenters. The van der Waals surface area contributed by atoms with Gasteiger partial charge in [-0.05, 0) is 49.9 Å². The fraction of sp³-hybridized carbons (Fsp3) is 0.500. The Labute approximate surface area is 122 Å². The van der Waals surface area contributed by atoms with Crippen LogP contribution in [0.3, 0.4) is 0 Å². The summed E-state index contributed by atoms with van der Waals surface area (Å²) in [5.41, 5.74) is -0.210. The number of ketones is 1. The van der Waals surface area contributed by atoms with Gasteiger partial charge in [0.25, 0.3) is 0 Å². The molecule has 1 rings (SSSR count). The summed E-state index contributed by atoms with van der Waals surface area (Å²) >= 11 is 0. The summed E-state index contributed by atoms with van der Waals surface area (Å²) in [5, 5.41) is 0. The van der Waals surface area contributed by atoms with E-state index in [1.165, 1.54) is 33.8 Å². The molecule has 0 aliphatic heterocycles. The standard InChI is InChI=1S/C14H13F7O/c1-6-5-7(2)9(4)10(8(6)3)11(22)12(15,16)13(17,18)14(19,20)21/h5H,1-4H3. The van der Waals surface area contributed by atoms with E-state index in [9.17, 15) is 35.5 Å². The van der Waals surface area contributed by atoms with Crippen LogP contribution in [-0.2, 0) is 0 Å². The Morgan fingerprint density at radius 2 is 1.18 bits per heavy atom. The van der Waals surface area contributed by atoms with Crippen LogP contribution in [0.5, 0.6) is 0 Å². The van der Waals surface area contributed by atoms with Crippen molar-refractivity contribution in [1.82, 2.24) is 0 Å². The maximum absolute atomic E-state index is 13.6. The monoisotopic (exact) mass is 330 g/mol. The highest BCUT2D eigenvalue weighted by Gasteiger charge is 2.76. The van der Waals surface area contributed by atoms with Crippen molar-refractivity contribution in [3.63, 3.8) is 0 Å². The van der Waals surface area contributed by atoms with Crippen LogP contribution >= 0.6 is 0 Å². The fourth-order valence-electron chi connectivity index (χ4n) is 2.04. The third-order valence-corrected chi connectivity index (χ3v) is 3.63. The first kappa shape index (κ1) is 18.4. The minimum absolute atomic E-state index is 0.0502. The lowest BCUT2D eigenvalue weighted by Gasteiger charge is -2.28. The van der Waals surface area contributed by atoms with Crippen molar-refractivity contribution in [3.05, 3.63) is 33.9 Å². The third kappa shape index (κ3) is 2.59.